The molecule has 3 fully saturated rings. The highest BCUT2D eigenvalue weighted by atomic mass is 16.1. The van der Waals surface area contributed by atoms with E-state index in [0.717, 1.165) is 63.1 Å². The average Bonchev–Trinajstić information content (AvgIpc) is 3.45. The van der Waals surface area contributed by atoms with Gasteiger partial charge in [-0.3, -0.25) is 4.79 Å². The molecule has 5 nitrogen and oxygen atoms in total. The quantitative estimate of drug-likeness (QED) is 0.717. The molecule has 5 rings (SSSR count). The predicted octanol–water partition coefficient (Wildman–Crippen LogP) is 3.71. The maximum atomic E-state index is 12.3. The van der Waals surface area contributed by atoms with Crippen molar-refractivity contribution in [1.82, 2.24) is 20.6 Å². The van der Waals surface area contributed by atoms with Crippen LogP contribution >= 0.6 is 0 Å². The lowest BCUT2D eigenvalue weighted by atomic mass is 9.69. The number of imidazole rings is 1. The molecule has 0 radical (unpaired) electrons. The summed E-state index contributed by atoms with van der Waals surface area (Å²) in [5.41, 5.74) is 3.69. The molecule has 1 saturated carbocycles. The van der Waals surface area contributed by atoms with Gasteiger partial charge >= 0.3 is 0 Å². The monoisotopic (exact) mass is 378 g/mol. The molecule has 2 atom stereocenters. The van der Waals surface area contributed by atoms with Gasteiger partial charge in [0.1, 0.15) is 11.6 Å². The van der Waals surface area contributed by atoms with Crippen molar-refractivity contribution >= 4 is 5.78 Å². The standard InChI is InChI=1S/C23H30N4O/c28-22(19-3-1-9-24-19)13-15-11-18(12-15)16-5-7-17(8-6-16)21-14-26-23(27-21)20-4-2-10-25-20/h5-8,14-15,18-20,24-25H,1-4,9-13H2,(H,26,27)/t15?,18?,19-,20-/m0/s1. The molecule has 2 saturated heterocycles. The fourth-order valence-electron chi connectivity index (χ4n) is 5.07. The smallest absolute Gasteiger partial charge is 0.150 e. The first kappa shape index (κ1) is 18.1. The van der Waals surface area contributed by atoms with Crippen LogP contribution in [0.15, 0.2) is 30.5 Å². The zero-order valence-electron chi connectivity index (χ0n) is 16.4. The number of H-pyrrole nitrogens is 1. The van der Waals surface area contributed by atoms with Gasteiger partial charge in [0.25, 0.3) is 0 Å². The van der Waals surface area contributed by atoms with Crippen molar-refractivity contribution in [3.63, 3.8) is 0 Å². The number of benzene rings is 1. The van der Waals surface area contributed by atoms with Gasteiger partial charge < -0.3 is 15.6 Å². The molecule has 1 aliphatic carbocycles. The SMILES string of the molecule is O=C(CC1CC(c2ccc(-c3cnc([C@@H]4CCCN4)[nH]3)cc2)C1)[C@@H]1CCCN1. The highest BCUT2D eigenvalue weighted by Gasteiger charge is 2.34. The van der Waals surface area contributed by atoms with E-state index in [2.05, 4.69) is 44.9 Å². The number of nitrogens with zero attached hydrogens (tertiary/aromatic N) is 1. The van der Waals surface area contributed by atoms with E-state index in [9.17, 15) is 4.79 Å². The number of hydrogen-bond donors (Lipinski definition) is 3. The second kappa shape index (κ2) is 7.80. The Morgan fingerprint density at radius 1 is 1.04 bits per heavy atom. The maximum absolute atomic E-state index is 12.3. The summed E-state index contributed by atoms with van der Waals surface area (Å²) >= 11 is 0. The zero-order chi connectivity index (χ0) is 18.9. The second-order valence-corrected chi connectivity index (χ2v) is 8.81. The highest BCUT2D eigenvalue weighted by molar-refractivity contribution is 5.84. The van der Waals surface area contributed by atoms with Crippen molar-refractivity contribution in [2.75, 3.05) is 13.1 Å². The topological polar surface area (TPSA) is 69.8 Å². The first-order valence-electron chi connectivity index (χ1n) is 10.9. The molecule has 1 aromatic heterocycles. The highest BCUT2D eigenvalue weighted by Crippen LogP contribution is 2.44. The molecule has 28 heavy (non-hydrogen) atoms. The number of carbonyl (C=O) groups excluding carboxylic acids is 1. The third kappa shape index (κ3) is 3.65. The van der Waals surface area contributed by atoms with Crippen LogP contribution in [0.1, 0.15) is 68.3 Å². The number of aromatic nitrogens is 2. The van der Waals surface area contributed by atoms with Gasteiger partial charge in [-0.2, -0.15) is 0 Å². The summed E-state index contributed by atoms with van der Waals surface area (Å²) < 4.78 is 0. The minimum absolute atomic E-state index is 0.136. The van der Waals surface area contributed by atoms with E-state index in [1.807, 2.05) is 6.20 Å². The van der Waals surface area contributed by atoms with Gasteiger partial charge in [-0.25, -0.2) is 4.98 Å². The number of rotatable bonds is 6. The largest absolute Gasteiger partial charge is 0.341 e. The van der Waals surface area contributed by atoms with Crippen LogP contribution in [0.25, 0.3) is 11.3 Å². The molecule has 0 bridgehead atoms. The number of aromatic amines is 1. The van der Waals surface area contributed by atoms with Gasteiger partial charge in [-0.1, -0.05) is 24.3 Å². The molecule has 0 amide bonds. The van der Waals surface area contributed by atoms with Crippen LogP contribution in [0.2, 0.25) is 0 Å². The number of nitrogens with one attached hydrogen (secondary N) is 3. The summed E-state index contributed by atoms with van der Waals surface area (Å²) in [4.78, 5) is 20.4. The Kier molecular flexibility index (Phi) is 5.03. The van der Waals surface area contributed by atoms with Crippen LogP contribution in [0.4, 0.5) is 0 Å². The van der Waals surface area contributed by atoms with Crippen molar-refractivity contribution < 1.29 is 4.79 Å². The van der Waals surface area contributed by atoms with Crippen molar-refractivity contribution in [2.24, 2.45) is 5.92 Å². The van der Waals surface area contributed by atoms with Gasteiger partial charge in [0.15, 0.2) is 0 Å². The van der Waals surface area contributed by atoms with Crippen LogP contribution in [0, 0.1) is 5.92 Å². The number of hydrogen-bond acceptors (Lipinski definition) is 4. The van der Waals surface area contributed by atoms with E-state index in [-0.39, 0.29) is 6.04 Å². The van der Waals surface area contributed by atoms with Gasteiger partial charge in [0, 0.05) is 6.42 Å². The Bertz CT molecular complexity index is 809. The molecule has 148 valence electrons. The summed E-state index contributed by atoms with van der Waals surface area (Å²) in [6.45, 7) is 2.09. The second-order valence-electron chi connectivity index (χ2n) is 8.81. The van der Waals surface area contributed by atoms with Crippen molar-refractivity contribution in [3.05, 3.63) is 41.9 Å². The molecule has 0 unspecified atom stereocenters. The van der Waals surface area contributed by atoms with Crippen LogP contribution in [0.5, 0.6) is 0 Å². The van der Waals surface area contributed by atoms with Gasteiger partial charge in [0.05, 0.1) is 24.0 Å². The fourth-order valence-corrected chi connectivity index (χ4v) is 5.07. The summed E-state index contributed by atoms with van der Waals surface area (Å²) in [6, 6.07) is 9.43. The van der Waals surface area contributed by atoms with Crippen LogP contribution in [0.3, 0.4) is 0 Å². The first-order chi connectivity index (χ1) is 13.8. The molecule has 3 heterocycles. The Morgan fingerprint density at radius 2 is 1.82 bits per heavy atom. The van der Waals surface area contributed by atoms with E-state index in [1.165, 1.54) is 17.5 Å². The summed E-state index contributed by atoms with van der Waals surface area (Å²) in [5.74, 6) is 2.68. The molecule has 5 heteroatoms. The van der Waals surface area contributed by atoms with E-state index in [0.29, 0.717) is 23.7 Å². The Balaban J connectivity index is 1.16. The van der Waals surface area contributed by atoms with E-state index < -0.39 is 0 Å². The van der Waals surface area contributed by atoms with Crippen LogP contribution in [-0.4, -0.2) is 34.9 Å². The maximum Gasteiger partial charge on any atom is 0.150 e. The van der Waals surface area contributed by atoms with E-state index in [1.54, 1.807) is 0 Å². The zero-order valence-corrected chi connectivity index (χ0v) is 16.4. The van der Waals surface area contributed by atoms with E-state index >= 15 is 0 Å². The molecule has 2 aromatic rings. The summed E-state index contributed by atoms with van der Waals surface area (Å²) in [6.07, 6.45) is 9.58. The Labute approximate surface area is 166 Å². The van der Waals surface area contributed by atoms with Crippen LogP contribution < -0.4 is 10.6 Å². The minimum atomic E-state index is 0.136. The fraction of sp³-hybridized carbons (Fsp3) is 0.565. The number of ketones is 1. The first-order valence-corrected chi connectivity index (χ1v) is 10.9. The van der Waals surface area contributed by atoms with Gasteiger partial charge in [-0.05, 0) is 74.6 Å². The number of carbonyl (C=O) groups is 1. The molecular formula is C23H30N4O. The van der Waals surface area contributed by atoms with Crippen molar-refractivity contribution in [3.8, 4) is 11.3 Å². The molecular weight excluding hydrogens is 348 g/mol. The van der Waals surface area contributed by atoms with Crippen molar-refractivity contribution in [2.45, 2.75) is 62.9 Å². The number of Topliss-reactive ketones (excluding diaryl/α,β-unsaturated/α-hetero) is 1. The van der Waals surface area contributed by atoms with Gasteiger partial charge in [0.2, 0.25) is 0 Å². The molecule has 0 spiro atoms. The third-order valence-corrected chi connectivity index (χ3v) is 6.85. The lowest BCUT2D eigenvalue weighted by Crippen LogP contribution is -2.34. The van der Waals surface area contributed by atoms with E-state index in [4.69, 9.17) is 0 Å². The summed E-state index contributed by atoms with van der Waals surface area (Å²) in [5, 5.41) is 6.82. The normalized spacial score (nSPS) is 29.7. The molecule has 2 aliphatic heterocycles. The average molecular weight is 379 g/mol. The predicted molar refractivity (Wildman–Crippen MR) is 110 cm³/mol. The molecule has 1 aromatic carbocycles. The lowest BCUT2D eigenvalue weighted by Gasteiger charge is -2.36. The van der Waals surface area contributed by atoms with Gasteiger partial charge in [-0.15, -0.1) is 0 Å². The summed E-state index contributed by atoms with van der Waals surface area (Å²) in [7, 11) is 0. The molecule has 3 N–H and O–H groups in total. The lowest BCUT2D eigenvalue weighted by molar-refractivity contribution is -0.122. The Morgan fingerprint density at radius 3 is 2.54 bits per heavy atom. The van der Waals surface area contributed by atoms with Crippen molar-refractivity contribution in [1.29, 1.82) is 0 Å². The van der Waals surface area contributed by atoms with Crippen LogP contribution in [-0.2, 0) is 4.79 Å². The Hall–Kier alpha value is -1.98. The molecule has 3 aliphatic rings. The minimum Gasteiger partial charge on any atom is -0.341 e. The third-order valence-electron chi connectivity index (χ3n) is 6.85.